The fraction of sp³-hybridized carbons (Fsp3) is 0.588. The highest BCUT2D eigenvalue weighted by atomic mass is 35.5. The van der Waals surface area contributed by atoms with Gasteiger partial charge in [-0.25, -0.2) is 4.98 Å². The lowest BCUT2D eigenvalue weighted by Gasteiger charge is -2.37. The second kappa shape index (κ2) is 5.62. The molecular weight excluding hydrogens is 284 g/mol. The number of nitrogens with zero attached hydrogens (tertiary/aromatic N) is 2. The maximum absolute atomic E-state index is 5.98. The number of alkyl halides is 1. The number of benzene rings is 1. The molecule has 1 aliphatic heterocycles. The van der Waals surface area contributed by atoms with Crippen molar-refractivity contribution < 1.29 is 4.74 Å². The van der Waals surface area contributed by atoms with Gasteiger partial charge in [0.05, 0.1) is 16.6 Å². The zero-order valence-corrected chi connectivity index (χ0v) is 13.8. The Kier molecular flexibility index (Phi) is 3.98. The highest BCUT2D eigenvalue weighted by molar-refractivity contribution is 6.17. The Morgan fingerprint density at radius 2 is 2.24 bits per heavy atom. The minimum absolute atomic E-state index is 0.0670. The Balaban J connectivity index is 2.08. The molecule has 114 valence electrons. The third kappa shape index (κ3) is 2.95. The normalized spacial score (nSPS) is 21.8. The molecule has 1 saturated heterocycles. The second-order valence-electron chi connectivity index (χ2n) is 6.58. The summed E-state index contributed by atoms with van der Waals surface area (Å²) >= 11 is 5.98. The predicted molar refractivity (Wildman–Crippen MR) is 87.2 cm³/mol. The quantitative estimate of drug-likeness (QED) is 0.792. The van der Waals surface area contributed by atoms with Gasteiger partial charge in [-0.15, -0.1) is 11.6 Å². The summed E-state index contributed by atoms with van der Waals surface area (Å²) in [5.74, 6) is 1.71. The van der Waals surface area contributed by atoms with Crippen molar-refractivity contribution >= 4 is 22.6 Å². The van der Waals surface area contributed by atoms with Crippen molar-refractivity contribution in [2.24, 2.45) is 0 Å². The monoisotopic (exact) mass is 306 g/mol. The number of fused-ring (bicyclic) bond motifs is 1. The van der Waals surface area contributed by atoms with Crippen LogP contribution in [-0.2, 0) is 11.2 Å². The second-order valence-corrected chi connectivity index (χ2v) is 6.96. The average Bonchev–Trinajstić information content (AvgIpc) is 2.75. The summed E-state index contributed by atoms with van der Waals surface area (Å²) in [5.41, 5.74) is 3.49. The molecule has 1 unspecified atom stereocenters. The topological polar surface area (TPSA) is 27.1 Å². The molecule has 1 atom stereocenters. The van der Waals surface area contributed by atoms with E-state index < -0.39 is 0 Å². The molecule has 21 heavy (non-hydrogen) atoms. The molecule has 0 bridgehead atoms. The Morgan fingerprint density at radius 1 is 1.43 bits per heavy atom. The van der Waals surface area contributed by atoms with Crippen LogP contribution < -0.4 is 0 Å². The van der Waals surface area contributed by atoms with Crippen LogP contribution in [0.5, 0.6) is 0 Å². The molecule has 4 heteroatoms. The molecule has 0 amide bonds. The van der Waals surface area contributed by atoms with Crippen LogP contribution in [0.3, 0.4) is 0 Å². The first-order valence-electron chi connectivity index (χ1n) is 7.67. The van der Waals surface area contributed by atoms with Gasteiger partial charge in [-0.05, 0) is 51.3 Å². The molecular formula is C17H23ClN2O. The molecule has 0 N–H and O–H groups in total. The molecule has 1 aromatic heterocycles. The number of halogens is 1. The number of imidazole rings is 1. The standard InChI is InChI=1S/C17H23ClN2O/c1-12-4-5-15-14(10-12)19-16(6-8-18)20(15)13-7-9-21-17(2,3)11-13/h4-5,10,13H,6-9,11H2,1-3H3. The van der Waals surface area contributed by atoms with Gasteiger partial charge in [0.25, 0.3) is 0 Å². The van der Waals surface area contributed by atoms with Crippen LogP contribution >= 0.6 is 11.6 Å². The van der Waals surface area contributed by atoms with Crippen LogP contribution in [0.1, 0.15) is 44.1 Å². The molecule has 3 nitrogen and oxygen atoms in total. The van der Waals surface area contributed by atoms with E-state index >= 15 is 0 Å². The van der Waals surface area contributed by atoms with Gasteiger partial charge in [-0.2, -0.15) is 0 Å². The summed E-state index contributed by atoms with van der Waals surface area (Å²) in [4.78, 5) is 4.82. The smallest absolute Gasteiger partial charge is 0.111 e. The van der Waals surface area contributed by atoms with Crippen LogP contribution in [0.4, 0.5) is 0 Å². The third-order valence-corrected chi connectivity index (χ3v) is 4.46. The fourth-order valence-corrected chi connectivity index (χ4v) is 3.52. The van der Waals surface area contributed by atoms with E-state index in [4.69, 9.17) is 21.3 Å². The summed E-state index contributed by atoms with van der Waals surface area (Å²) in [6.45, 7) is 7.26. The van der Waals surface area contributed by atoms with Crippen LogP contribution in [0.25, 0.3) is 11.0 Å². The SMILES string of the molecule is Cc1ccc2c(c1)nc(CCCl)n2C1CCOC(C)(C)C1. The summed E-state index contributed by atoms with van der Waals surface area (Å²) in [7, 11) is 0. The molecule has 3 rings (SSSR count). The van der Waals surface area contributed by atoms with Crippen molar-refractivity contribution in [1.29, 1.82) is 0 Å². The summed E-state index contributed by atoms with van der Waals surface area (Å²) < 4.78 is 8.27. The lowest BCUT2D eigenvalue weighted by molar-refractivity contribution is -0.0688. The number of hydrogen-bond acceptors (Lipinski definition) is 2. The molecule has 0 radical (unpaired) electrons. The first-order valence-corrected chi connectivity index (χ1v) is 8.21. The van der Waals surface area contributed by atoms with Gasteiger partial charge in [0.15, 0.2) is 0 Å². The van der Waals surface area contributed by atoms with Gasteiger partial charge in [0, 0.05) is 24.9 Å². The number of hydrogen-bond donors (Lipinski definition) is 0. The van der Waals surface area contributed by atoms with Crippen LogP contribution in [0.15, 0.2) is 18.2 Å². The predicted octanol–water partition coefficient (Wildman–Crippen LogP) is 4.26. The minimum atomic E-state index is -0.0670. The number of aromatic nitrogens is 2. The van der Waals surface area contributed by atoms with Gasteiger partial charge in [-0.1, -0.05) is 6.07 Å². The minimum Gasteiger partial charge on any atom is -0.375 e. The summed E-state index contributed by atoms with van der Waals surface area (Å²) in [6, 6.07) is 6.96. The molecule has 1 aromatic carbocycles. The van der Waals surface area contributed by atoms with Crippen LogP contribution in [0.2, 0.25) is 0 Å². The molecule has 0 spiro atoms. The van der Waals surface area contributed by atoms with Crippen LogP contribution in [0, 0.1) is 6.92 Å². The maximum Gasteiger partial charge on any atom is 0.111 e. The van der Waals surface area contributed by atoms with E-state index in [-0.39, 0.29) is 5.60 Å². The fourth-order valence-electron chi connectivity index (χ4n) is 3.35. The molecule has 0 aliphatic carbocycles. The van der Waals surface area contributed by atoms with Crippen molar-refractivity contribution in [3.8, 4) is 0 Å². The van der Waals surface area contributed by atoms with Crippen molar-refractivity contribution in [3.05, 3.63) is 29.6 Å². The molecule has 2 aromatic rings. The van der Waals surface area contributed by atoms with E-state index in [0.29, 0.717) is 11.9 Å². The highest BCUT2D eigenvalue weighted by Crippen LogP contribution is 2.35. The van der Waals surface area contributed by atoms with Crippen LogP contribution in [-0.4, -0.2) is 27.6 Å². The first-order chi connectivity index (χ1) is 10.00. The highest BCUT2D eigenvalue weighted by Gasteiger charge is 2.31. The number of rotatable bonds is 3. The van der Waals surface area contributed by atoms with E-state index in [0.717, 1.165) is 37.2 Å². The van der Waals surface area contributed by atoms with Gasteiger partial charge in [0.1, 0.15) is 5.82 Å². The average molecular weight is 307 g/mol. The zero-order valence-electron chi connectivity index (χ0n) is 13.0. The molecule has 1 fully saturated rings. The lowest BCUT2D eigenvalue weighted by Crippen LogP contribution is -2.35. The third-order valence-electron chi connectivity index (χ3n) is 4.27. The summed E-state index contributed by atoms with van der Waals surface area (Å²) in [6.07, 6.45) is 2.87. The van der Waals surface area contributed by atoms with Crippen molar-refractivity contribution in [2.75, 3.05) is 12.5 Å². The van der Waals surface area contributed by atoms with Gasteiger partial charge in [-0.3, -0.25) is 0 Å². The Bertz CT molecular complexity index is 648. The van der Waals surface area contributed by atoms with Gasteiger partial charge >= 0.3 is 0 Å². The Morgan fingerprint density at radius 3 is 2.95 bits per heavy atom. The van der Waals surface area contributed by atoms with E-state index in [9.17, 15) is 0 Å². The molecule has 0 saturated carbocycles. The van der Waals surface area contributed by atoms with E-state index in [1.54, 1.807) is 0 Å². The van der Waals surface area contributed by atoms with Crippen molar-refractivity contribution in [3.63, 3.8) is 0 Å². The summed E-state index contributed by atoms with van der Waals surface area (Å²) in [5, 5.41) is 0. The van der Waals surface area contributed by atoms with Gasteiger partial charge in [0.2, 0.25) is 0 Å². The Labute approximate surface area is 131 Å². The van der Waals surface area contributed by atoms with Crippen molar-refractivity contribution in [2.45, 2.75) is 51.7 Å². The van der Waals surface area contributed by atoms with Crippen molar-refractivity contribution in [1.82, 2.24) is 9.55 Å². The van der Waals surface area contributed by atoms with E-state index in [1.165, 1.54) is 11.1 Å². The Hall–Kier alpha value is -1.06. The van der Waals surface area contributed by atoms with E-state index in [2.05, 4.69) is 43.5 Å². The lowest BCUT2D eigenvalue weighted by atomic mass is 9.93. The first kappa shape index (κ1) is 14.9. The molecule has 1 aliphatic rings. The number of aryl methyl sites for hydroxylation is 2. The maximum atomic E-state index is 5.98. The van der Waals surface area contributed by atoms with Gasteiger partial charge < -0.3 is 9.30 Å². The molecule has 2 heterocycles. The number of ether oxygens (including phenoxy) is 1. The zero-order chi connectivity index (χ0) is 15.0. The van der Waals surface area contributed by atoms with E-state index in [1.807, 2.05) is 0 Å². The largest absolute Gasteiger partial charge is 0.375 e.